The van der Waals surface area contributed by atoms with Crippen molar-refractivity contribution in [2.45, 2.75) is 39.6 Å². The van der Waals surface area contributed by atoms with Crippen molar-refractivity contribution in [3.05, 3.63) is 48.0 Å². The molecule has 1 aliphatic rings. The van der Waals surface area contributed by atoms with E-state index in [1.807, 2.05) is 51.1 Å². The van der Waals surface area contributed by atoms with E-state index in [1.54, 1.807) is 0 Å². The van der Waals surface area contributed by atoms with Crippen LogP contribution in [0.2, 0.25) is 0 Å². The maximum Gasteiger partial charge on any atom is 0.509 e. The monoisotopic (exact) mass is 304 g/mol. The highest BCUT2D eigenvalue weighted by Gasteiger charge is 2.40. The first-order valence-corrected chi connectivity index (χ1v) is 7.63. The third-order valence-electron chi connectivity index (χ3n) is 3.99. The van der Waals surface area contributed by atoms with Gasteiger partial charge in [0, 0.05) is 11.8 Å². The van der Waals surface area contributed by atoms with E-state index in [4.69, 9.17) is 14.2 Å². The summed E-state index contributed by atoms with van der Waals surface area (Å²) in [6.45, 7) is 10.9. The third-order valence-corrected chi connectivity index (χ3v) is 3.99. The summed E-state index contributed by atoms with van der Waals surface area (Å²) in [5.74, 6) is 0.152. The third kappa shape index (κ3) is 4.10. The predicted molar refractivity (Wildman–Crippen MR) is 84.4 cm³/mol. The van der Waals surface area contributed by atoms with Crippen LogP contribution in [0.15, 0.2) is 42.5 Å². The van der Waals surface area contributed by atoms with Crippen LogP contribution in [0.5, 0.6) is 0 Å². The van der Waals surface area contributed by atoms with Gasteiger partial charge in [0.1, 0.15) is 12.2 Å². The van der Waals surface area contributed by atoms with Gasteiger partial charge >= 0.3 is 6.16 Å². The topological polar surface area (TPSA) is 44.8 Å². The molecule has 4 nitrogen and oxygen atoms in total. The van der Waals surface area contributed by atoms with Crippen LogP contribution in [-0.4, -0.2) is 25.0 Å². The van der Waals surface area contributed by atoms with Crippen LogP contribution in [0.3, 0.4) is 0 Å². The van der Waals surface area contributed by atoms with Crippen molar-refractivity contribution in [2.75, 3.05) is 6.61 Å². The molecule has 0 bridgehead atoms. The molecule has 1 heterocycles. The number of carbonyl (C=O) groups excluding carboxylic acids is 1. The summed E-state index contributed by atoms with van der Waals surface area (Å²) in [6.07, 6.45) is -1.13. The normalized spacial score (nSPS) is 26.0. The number of rotatable bonds is 6. The summed E-state index contributed by atoms with van der Waals surface area (Å²) in [7, 11) is 0. The molecule has 22 heavy (non-hydrogen) atoms. The Kier molecular flexibility index (Phi) is 5.61. The van der Waals surface area contributed by atoms with Crippen LogP contribution < -0.4 is 0 Å². The van der Waals surface area contributed by atoms with E-state index in [-0.39, 0.29) is 24.0 Å². The Bertz CT molecular complexity index is 511. The molecule has 4 heteroatoms. The van der Waals surface area contributed by atoms with Gasteiger partial charge in [0.25, 0.3) is 0 Å². The highest BCUT2D eigenvalue weighted by molar-refractivity contribution is 5.62. The van der Waals surface area contributed by atoms with Crippen LogP contribution >= 0.6 is 0 Å². The van der Waals surface area contributed by atoms with E-state index in [2.05, 4.69) is 6.58 Å². The molecule has 0 unspecified atom stereocenters. The summed E-state index contributed by atoms with van der Waals surface area (Å²) >= 11 is 0. The fourth-order valence-electron chi connectivity index (χ4n) is 2.84. The minimum absolute atomic E-state index is 0.0607. The van der Waals surface area contributed by atoms with Crippen molar-refractivity contribution < 1.29 is 19.0 Å². The molecule has 1 aliphatic heterocycles. The quantitative estimate of drug-likeness (QED) is 0.589. The second kappa shape index (κ2) is 7.45. The summed E-state index contributed by atoms with van der Waals surface area (Å²) < 4.78 is 16.3. The second-order valence-electron chi connectivity index (χ2n) is 6.05. The summed E-state index contributed by atoms with van der Waals surface area (Å²) in [4.78, 5) is 11.6. The zero-order chi connectivity index (χ0) is 16.1. The van der Waals surface area contributed by atoms with E-state index < -0.39 is 6.16 Å². The van der Waals surface area contributed by atoms with Crippen molar-refractivity contribution in [3.63, 3.8) is 0 Å². The summed E-state index contributed by atoms with van der Waals surface area (Å²) in [5.41, 5.74) is 1.97. The molecule has 0 aliphatic carbocycles. The Labute approximate surface area is 132 Å². The van der Waals surface area contributed by atoms with E-state index >= 15 is 0 Å². The molecule has 0 saturated carbocycles. The Balaban J connectivity index is 1.89. The molecule has 1 aromatic carbocycles. The fraction of sp³-hybridized carbons (Fsp3) is 0.500. The number of carbonyl (C=O) groups is 1. The number of hydrogen-bond acceptors (Lipinski definition) is 4. The van der Waals surface area contributed by atoms with Gasteiger partial charge in [-0.2, -0.15) is 0 Å². The van der Waals surface area contributed by atoms with Crippen molar-refractivity contribution in [1.29, 1.82) is 0 Å². The molecule has 2 rings (SSSR count). The van der Waals surface area contributed by atoms with E-state index in [0.29, 0.717) is 13.2 Å². The average molecular weight is 304 g/mol. The number of cyclic esters (lactones) is 2. The maximum atomic E-state index is 11.6. The Morgan fingerprint density at radius 2 is 2.00 bits per heavy atom. The molecule has 0 N–H and O–H groups in total. The first kappa shape index (κ1) is 16.6. The second-order valence-corrected chi connectivity index (χ2v) is 6.05. The molecule has 0 aromatic heterocycles. The van der Waals surface area contributed by atoms with Crippen molar-refractivity contribution in [1.82, 2.24) is 0 Å². The Morgan fingerprint density at radius 3 is 2.64 bits per heavy atom. The lowest BCUT2D eigenvalue weighted by atomic mass is 9.86. The predicted octanol–water partition coefficient (Wildman–Crippen LogP) is 3.96. The standard InChI is InChI=1S/C18H24O4/c1-12(2)16-14(4)17(22-18(19)21-16)13(3)10-20-11-15-8-6-5-7-9-15/h5-9,13-14,16-17H,1,10-11H2,2-4H3/t13-,14+,16-,17-/m1/s1. The first-order chi connectivity index (χ1) is 10.5. The van der Waals surface area contributed by atoms with Gasteiger partial charge in [0.05, 0.1) is 13.2 Å². The van der Waals surface area contributed by atoms with E-state index in [9.17, 15) is 4.79 Å². The minimum atomic E-state index is -0.619. The maximum absolute atomic E-state index is 11.6. The van der Waals surface area contributed by atoms with E-state index in [0.717, 1.165) is 11.1 Å². The van der Waals surface area contributed by atoms with Crippen molar-refractivity contribution >= 4 is 6.16 Å². The van der Waals surface area contributed by atoms with Gasteiger partial charge in [-0.3, -0.25) is 0 Å². The first-order valence-electron chi connectivity index (χ1n) is 7.63. The van der Waals surface area contributed by atoms with Gasteiger partial charge < -0.3 is 14.2 Å². The average Bonchev–Trinajstić information content (AvgIpc) is 2.50. The highest BCUT2D eigenvalue weighted by Crippen LogP contribution is 2.30. The molecule has 1 aromatic rings. The zero-order valence-corrected chi connectivity index (χ0v) is 13.5. The summed E-state index contributed by atoms with van der Waals surface area (Å²) in [6, 6.07) is 10.0. The fourth-order valence-corrected chi connectivity index (χ4v) is 2.84. The van der Waals surface area contributed by atoms with Gasteiger partial charge in [0.15, 0.2) is 0 Å². The molecule has 1 saturated heterocycles. The molecule has 1 fully saturated rings. The smallest absolute Gasteiger partial charge is 0.430 e. The van der Waals surface area contributed by atoms with Gasteiger partial charge in [-0.25, -0.2) is 4.79 Å². The van der Waals surface area contributed by atoms with Crippen molar-refractivity contribution in [3.8, 4) is 0 Å². The lowest BCUT2D eigenvalue weighted by molar-refractivity contribution is -0.110. The van der Waals surface area contributed by atoms with Crippen LogP contribution in [-0.2, 0) is 20.8 Å². The number of ether oxygens (including phenoxy) is 3. The Morgan fingerprint density at radius 1 is 1.32 bits per heavy atom. The molecular formula is C18H24O4. The molecule has 0 radical (unpaired) electrons. The van der Waals surface area contributed by atoms with Gasteiger partial charge in [-0.1, -0.05) is 50.8 Å². The lowest BCUT2D eigenvalue weighted by Crippen LogP contribution is -2.46. The van der Waals surface area contributed by atoms with Crippen LogP contribution in [0.25, 0.3) is 0 Å². The Hall–Kier alpha value is -1.81. The molecule has 4 atom stereocenters. The van der Waals surface area contributed by atoms with Gasteiger partial charge in [0.2, 0.25) is 0 Å². The van der Waals surface area contributed by atoms with Crippen LogP contribution in [0.1, 0.15) is 26.3 Å². The minimum Gasteiger partial charge on any atom is -0.430 e. The van der Waals surface area contributed by atoms with Crippen molar-refractivity contribution in [2.24, 2.45) is 11.8 Å². The molecular weight excluding hydrogens is 280 g/mol. The SMILES string of the molecule is C=C(C)[C@H]1OC(=O)O[C@H]([C@H](C)COCc2ccccc2)[C@H]1C. The largest absolute Gasteiger partial charge is 0.509 e. The number of benzene rings is 1. The highest BCUT2D eigenvalue weighted by atomic mass is 16.7. The van der Waals surface area contributed by atoms with Crippen LogP contribution in [0.4, 0.5) is 4.79 Å². The number of hydrogen-bond donors (Lipinski definition) is 0. The molecule has 120 valence electrons. The van der Waals surface area contributed by atoms with Gasteiger partial charge in [-0.05, 0) is 18.1 Å². The lowest BCUT2D eigenvalue weighted by Gasteiger charge is -2.38. The van der Waals surface area contributed by atoms with E-state index in [1.165, 1.54) is 0 Å². The van der Waals surface area contributed by atoms with Crippen LogP contribution in [0, 0.1) is 11.8 Å². The summed E-state index contributed by atoms with van der Waals surface area (Å²) in [5, 5.41) is 0. The zero-order valence-electron chi connectivity index (χ0n) is 13.5. The van der Waals surface area contributed by atoms with Gasteiger partial charge in [-0.15, -0.1) is 0 Å². The molecule has 0 spiro atoms. The molecule has 0 amide bonds.